The lowest BCUT2D eigenvalue weighted by molar-refractivity contribution is -0.325. The van der Waals surface area contributed by atoms with E-state index in [2.05, 4.69) is 31.9 Å². The zero-order valence-electron chi connectivity index (χ0n) is 74.8. The Bertz CT molecular complexity index is 3080. The smallest absolute Gasteiger partial charge is 0.252 e. The minimum Gasteiger partial charge on any atom is -0.394 e. The maximum Gasteiger partial charge on any atom is 0.252 e. The van der Waals surface area contributed by atoms with E-state index in [4.69, 9.17) is 114 Å². The van der Waals surface area contributed by atoms with E-state index in [1.807, 2.05) is 0 Å². The van der Waals surface area contributed by atoms with Crippen molar-refractivity contribution in [2.24, 2.45) is 0 Å². The molecule has 129 heavy (non-hydrogen) atoms. The standard InChI is InChI=1S/C50H90N4O27.C20H36N2O12.C10H18O4/c1-26-36(53-28(3)57)43(38(61)34(20-55)76-26)79-49-40(63)32(68-5)19-33(78-49)47(66)51-9-13-70-15-17-74-24-30(59)22-72-11-7-8-12-73-23-31(60)25-75-18-16-71-14-10-52-48(67)46-45(69-6)41(64)42(65)50(81-46)80-44-37(54-29(4)58)27(2)77-35(21-56)39(44)62;1-9-12(22-10(2)25)16(13(26)11(8-24)32-9)33-20-15(28)14(27)17(30-3)18(34-20)19(29)21-4-6-31-7-5-23;1(3-11-5-9-7-13-9)2-4-12-6-10-8-14-10/h26-27,30-46,49-50,55-56,59-65H,7-25H2,1-6H3,(H,51,66)(H,52,67)(H,53,57)(H,54,58);9,11-18,20,23-24,26-28H,4-8H2,1-3H3,(H,21,29)(H,22,25);9-10H,1-8H2/t26-,27-,30?,31?,32-,33?,34?,35?,36?,37?,38+,39+,40?,41+,42?,43+,44+,45-,46?,49-,50+;9-,11?,12?,13+,14+,15?,16+,17-,18?,20+;/m00./s1. The summed E-state index contributed by atoms with van der Waals surface area (Å²) >= 11 is 0. The summed E-state index contributed by atoms with van der Waals surface area (Å²) < 4.78 is 126. The number of carbonyl (C=O) groups is 6. The van der Waals surface area contributed by atoms with Crippen LogP contribution >= 0.6 is 0 Å². The summed E-state index contributed by atoms with van der Waals surface area (Å²) in [6.45, 7) is 13.7. The molecule has 0 saturated carbocycles. The number of rotatable bonds is 57. The van der Waals surface area contributed by atoms with E-state index in [9.17, 15) is 95.2 Å². The third-order valence-electron chi connectivity index (χ3n) is 21.5. The van der Waals surface area contributed by atoms with Crippen molar-refractivity contribution in [3.8, 4) is 0 Å². The largest absolute Gasteiger partial charge is 0.394 e. The lowest BCUT2D eigenvalue weighted by Crippen LogP contribution is -2.68. The predicted molar refractivity (Wildman–Crippen MR) is 436 cm³/mol. The van der Waals surface area contributed by atoms with E-state index in [0.29, 0.717) is 38.3 Å². The van der Waals surface area contributed by atoms with Crippen LogP contribution in [-0.2, 0) is 138 Å². The highest BCUT2D eigenvalue weighted by atomic mass is 16.7. The van der Waals surface area contributed by atoms with Crippen LogP contribution in [0.25, 0.3) is 0 Å². The first-order valence-electron chi connectivity index (χ1n) is 43.7. The number of amides is 6. The number of hydrogen-bond acceptors (Lipinski definition) is 43. The second-order valence-electron chi connectivity index (χ2n) is 31.9. The van der Waals surface area contributed by atoms with Crippen LogP contribution in [0.2, 0.25) is 0 Å². The lowest BCUT2D eigenvalue weighted by atomic mass is 9.92. The molecule has 8 saturated heterocycles. The molecule has 0 radical (unpaired) electrons. The molecule has 0 aromatic rings. The molecule has 8 fully saturated rings. The molecule has 33 atom stereocenters. The molecule has 0 aliphatic carbocycles. The summed E-state index contributed by atoms with van der Waals surface area (Å²) in [7, 11) is 3.81. The highest BCUT2D eigenvalue weighted by molar-refractivity contribution is 5.82. The molecular weight excluding hydrogens is 1730 g/mol. The molecule has 49 heteroatoms. The van der Waals surface area contributed by atoms with Gasteiger partial charge in [0.2, 0.25) is 23.6 Å². The van der Waals surface area contributed by atoms with E-state index in [1.165, 1.54) is 42.1 Å². The quantitative estimate of drug-likeness (QED) is 0.0199. The molecule has 20 N–H and O–H groups in total. The van der Waals surface area contributed by atoms with Crippen molar-refractivity contribution in [1.82, 2.24) is 31.9 Å². The number of carbonyl (C=O) groups excluding carboxylic acids is 6. The van der Waals surface area contributed by atoms with E-state index in [1.54, 1.807) is 20.8 Å². The van der Waals surface area contributed by atoms with Gasteiger partial charge < -0.3 is 212 Å². The Labute approximate surface area is 749 Å². The summed E-state index contributed by atoms with van der Waals surface area (Å²) in [4.78, 5) is 74.5. The van der Waals surface area contributed by atoms with E-state index in [-0.39, 0.29) is 112 Å². The number of aliphatic hydroxyl groups excluding tert-OH is 14. The first-order chi connectivity index (χ1) is 61.9. The van der Waals surface area contributed by atoms with Gasteiger partial charge in [0.25, 0.3) is 11.8 Å². The van der Waals surface area contributed by atoms with Crippen molar-refractivity contribution >= 4 is 35.4 Å². The Morgan fingerprint density at radius 3 is 1.00 bits per heavy atom. The highest BCUT2D eigenvalue weighted by Gasteiger charge is 2.56. The van der Waals surface area contributed by atoms with Gasteiger partial charge in [0.1, 0.15) is 128 Å². The van der Waals surface area contributed by atoms with Gasteiger partial charge in [-0.3, -0.25) is 28.8 Å². The Kier molecular flexibility index (Phi) is 53.9. The lowest BCUT2D eigenvalue weighted by Gasteiger charge is -2.47. The number of epoxide rings is 2. The predicted octanol–water partition coefficient (Wildman–Crippen LogP) is -11.0. The van der Waals surface area contributed by atoms with Gasteiger partial charge in [-0.15, -0.1) is 0 Å². The molecule has 8 heterocycles. The summed E-state index contributed by atoms with van der Waals surface area (Å²) in [5, 5.41) is 160. The SMILES string of the molecule is C(CCOCC1CO1)COCC1CO1.CO[C@@H]1C(C(=O)NCCOCCO)O[C@@H](O[C@@H]2C(NC(C)=O)[C@H](C)OC(CO)[C@H]2O)C(O)[C@H]1O.CO[C@H]1CC(C(=O)NCCOCCOCC(O)COCCCCOCC(O)COCCOCCNC(=O)C2O[C@@H](O[C@@H]3C(NC(C)=O)[C@H](C)OC(CO)[C@H]3O)C(O)[C@@H](O)[C@@H]2OC)O[C@@H](O[C@@H]2C(NC(C)=O)[C@H](C)OC(CO)[C@H]2O)C1O. The van der Waals surface area contributed by atoms with E-state index < -0.39 is 245 Å². The maximum atomic E-state index is 13.2. The number of aliphatic hydroxyl groups is 14. The van der Waals surface area contributed by atoms with Crippen molar-refractivity contribution in [1.29, 1.82) is 0 Å². The normalized spacial score (nSPS) is 34.8. The first kappa shape index (κ1) is 113. The van der Waals surface area contributed by atoms with Crippen molar-refractivity contribution in [3.05, 3.63) is 0 Å². The van der Waals surface area contributed by atoms with Gasteiger partial charge >= 0.3 is 0 Å². The van der Waals surface area contributed by atoms with Crippen LogP contribution in [0.15, 0.2) is 0 Å². The Balaban J connectivity index is 0.000000430. The third-order valence-corrected chi connectivity index (χ3v) is 21.5. The van der Waals surface area contributed by atoms with Crippen molar-refractivity contribution < 1.29 is 209 Å². The molecule has 8 aliphatic heterocycles. The molecule has 8 aliphatic rings. The average Bonchev–Trinajstić information content (AvgIpc) is 0.934. The first-order valence-corrected chi connectivity index (χ1v) is 43.7. The van der Waals surface area contributed by atoms with E-state index in [0.717, 1.165) is 52.5 Å². The molecule has 49 nitrogen and oxygen atoms in total. The van der Waals surface area contributed by atoms with E-state index >= 15 is 0 Å². The molecule has 0 aromatic carbocycles. The fourth-order valence-corrected chi connectivity index (χ4v) is 14.5. The molecule has 0 spiro atoms. The summed E-state index contributed by atoms with van der Waals surface area (Å²) in [6, 6.07) is -2.70. The molecule has 0 aromatic heterocycles. The number of hydrogen-bond donors (Lipinski definition) is 20. The van der Waals surface area contributed by atoms with Gasteiger partial charge in [-0.05, 0) is 46.5 Å². The number of nitrogens with one attached hydrogen (secondary N) is 6. The van der Waals surface area contributed by atoms with Gasteiger partial charge in [-0.1, -0.05) is 0 Å². The highest BCUT2D eigenvalue weighted by Crippen LogP contribution is 2.35. The van der Waals surface area contributed by atoms with Gasteiger partial charge in [-0.25, -0.2) is 0 Å². The Hall–Kier alpha value is -4.66. The molecule has 0 bridgehead atoms. The average molecular weight is 1880 g/mol. The molecule has 8 rings (SSSR count). The van der Waals surface area contributed by atoms with Crippen LogP contribution in [0.5, 0.6) is 0 Å². The van der Waals surface area contributed by atoms with Crippen LogP contribution in [0.4, 0.5) is 0 Å². The third kappa shape index (κ3) is 38.8. The fraction of sp³-hybridized carbons (Fsp3) is 0.925. The van der Waals surface area contributed by atoms with Crippen LogP contribution < -0.4 is 31.9 Å². The summed E-state index contributed by atoms with van der Waals surface area (Å²) in [5.41, 5.74) is 0. The minimum absolute atomic E-state index is 0.00605. The minimum atomic E-state index is -1.73. The number of methoxy groups -OCH3 is 3. The second-order valence-corrected chi connectivity index (χ2v) is 31.9. The molecule has 16 unspecified atom stereocenters. The van der Waals surface area contributed by atoms with Crippen molar-refractivity contribution in [2.45, 2.75) is 275 Å². The van der Waals surface area contributed by atoms with Crippen LogP contribution in [-0.4, -0.2) is 508 Å². The molecule has 6 amide bonds. The molecular formula is C80H144N6O43. The number of unbranched alkanes of at least 4 members (excludes halogenated alkanes) is 2. The summed E-state index contributed by atoms with van der Waals surface area (Å²) in [6.07, 6.45) is -31.0. The monoisotopic (exact) mass is 1880 g/mol. The van der Waals surface area contributed by atoms with Crippen molar-refractivity contribution in [2.75, 3.05) is 200 Å². The zero-order chi connectivity index (χ0) is 94.7. The van der Waals surface area contributed by atoms with Gasteiger partial charge in [0.05, 0.1) is 175 Å². The topological polar surface area (TPSA) is 677 Å². The van der Waals surface area contributed by atoms with Crippen molar-refractivity contribution in [3.63, 3.8) is 0 Å². The van der Waals surface area contributed by atoms with Crippen LogP contribution in [0.3, 0.4) is 0 Å². The Morgan fingerprint density at radius 2 is 0.682 bits per heavy atom. The number of ether oxygens (including phenoxy) is 23. The Morgan fingerprint density at radius 1 is 0.364 bits per heavy atom. The van der Waals surface area contributed by atoms with Gasteiger partial charge in [0, 0.05) is 94.6 Å². The molecule has 752 valence electrons. The second kappa shape index (κ2) is 61.4. The van der Waals surface area contributed by atoms with Crippen LogP contribution in [0, 0.1) is 0 Å². The van der Waals surface area contributed by atoms with Crippen LogP contribution in [0.1, 0.15) is 73.6 Å². The summed E-state index contributed by atoms with van der Waals surface area (Å²) in [5.74, 6) is -3.25. The van der Waals surface area contributed by atoms with Gasteiger partial charge in [-0.2, -0.15) is 0 Å². The fourth-order valence-electron chi connectivity index (χ4n) is 14.5. The maximum absolute atomic E-state index is 13.2. The van der Waals surface area contributed by atoms with Gasteiger partial charge in [0.15, 0.2) is 31.1 Å². The zero-order valence-corrected chi connectivity index (χ0v) is 74.8.